The van der Waals surface area contributed by atoms with Gasteiger partial charge < -0.3 is 4.74 Å². The van der Waals surface area contributed by atoms with Gasteiger partial charge in [0.25, 0.3) is 0 Å². The molecule has 0 spiro atoms. The average molecular weight is 231 g/mol. The van der Waals surface area contributed by atoms with E-state index in [1.165, 1.54) is 19.3 Å². The van der Waals surface area contributed by atoms with Crippen molar-refractivity contribution in [3.63, 3.8) is 0 Å². The van der Waals surface area contributed by atoms with Crippen LogP contribution in [0.5, 0.6) is 0 Å². The molecule has 0 radical (unpaired) electrons. The minimum Gasteiger partial charge on any atom is -0.376 e. The maximum Gasteiger partial charge on any atom is 0.0991 e. The number of unbranched alkanes of at least 4 members (excludes halogenated alkanes) is 1. The molecule has 2 nitrogen and oxygen atoms in total. The molecule has 0 fully saturated rings. The molecular weight excluding hydrogens is 210 g/mol. The van der Waals surface area contributed by atoms with Crippen molar-refractivity contribution in [1.82, 2.24) is 0 Å². The second kappa shape index (κ2) is 7.86. The van der Waals surface area contributed by atoms with Gasteiger partial charge in [-0.3, -0.25) is 0 Å². The van der Waals surface area contributed by atoms with Crippen LogP contribution in [-0.2, 0) is 11.3 Å². The lowest BCUT2D eigenvalue weighted by Crippen LogP contribution is -2.05. The quantitative estimate of drug-likeness (QED) is 0.713. The summed E-state index contributed by atoms with van der Waals surface area (Å²) in [5, 5.41) is 8.68. The molecule has 0 N–H and O–H groups in total. The minimum atomic E-state index is 0.633. The van der Waals surface area contributed by atoms with Gasteiger partial charge in [0.15, 0.2) is 0 Å². The van der Waals surface area contributed by atoms with Gasteiger partial charge in [-0.15, -0.1) is 0 Å². The normalized spacial score (nSPS) is 12.1. The van der Waals surface area contributed by atoms with Crippen LogP contribution in [0.15, 0.2) is 24.3 Å². The van der Waals surface area contributed by atoms with Crippen LogP contribution in [0, 0.1) is 17.2 Å². The molecule has 0 amide bonds. The van der Waals surface area contributed by atoms with Crippen molar-refractivity contribution < 1.29 is 4.74 Å². The molecule has 0 heterocycles. The first kappa shape index (κ1) is 13.7. The summed E-state index contributed by atoms with van der Waals surface area (Å²) in [7, 11) is 0. The second-order valence-corrected chi connectivity index (χ2v) is 4.57. The Hall–Kier alpha value is -1.33. The van der Waals surface area contributed by atoms with Crippen molar-refractivity contribution in [3.05, 3.63) is 35.4 Å². The standard InChI is InChI=1S/C15H21NO/c1-3-4-5-13(2)11-17-12-15-8-6-14(10-16)7-9-15/h6-9,13H,3-5,11-12H2,1-2H3. The van der Waals surface area contributed by atoms with E-state index in [1.54, 1.807) is 0 Å². The third kappa shape index (κ3) is 5.51. The van der Waals surface area contributed by atoms with E-state index in [0.29, 0.717) is 18.1 Å². The monoisotopic (exact) mass is 231 g/mol. The van der Waals surface area contributed by atoms with Gasteiger partial charge in [0.2, 0.25) is 0 Å². The number of nitrogens with zero attached hydrogens (tertiary/aromatic N) is 1. The van der Waals surface area contributed by atoms with Crippen LogP contribution >= 0.6 is 0 Å². The number of rotatable bonds is 7. The van der Waals surface area contributed by atoms with E-state index < -0.39 is 0 Å². The molecule has 17 heavy (non-hydrogen) atoms. The third-order valence-electron chi connectivity index (χ3n) is 2.80. The highest BCUT2D eigenvalue weighted by Crippen LogP contribution is 2.10. The van der Waals surface area contributed by atoms with Gasteiger partial charge in [0, 0.05) is 6.61 Å². The van der Waals surface area contributed by atoms with Crippen LogP contribution < -0.4 is 0 Å². The van der Waals surface area contributed by atoms with E-state index >= 15 is 0 Å². The maximum atomic E-state index is 8.68. The number of hydrogen-bond donors (Lipinski definition) is 0. The van der Waals surface area contributed by atoms with E-state index in [4.69, 9.17) is 10.00 Å². The molecule has 1 atom stereocenters. The number of nitriles is 1. The number of benzene rings is 1. The van der Waals surface area contributed by atoms with Crippen molar-refractivity contribution in [2.45, 2.75) is 39.7 Å². The third-order valence-corrected chi connectivity index (χ3v) is 2.80. The molecule has 0 saturated heterocycles. The Labute approximate surface area is 104 Å². The highest BCUT2D eigenvalue weighted by molar-refractivity contribution is 5.31. The van der Waals surface area contributed by atoms with E-state index in [9.17, 15) is 0 Å². The molecule has 1 aromatic carbocycles. The minimum absolute atomic E-state index is 0.633. The highest BCUT2D eigenvalue weighted by atomic mass is 16.5. The number of ether oxygens (including phenoxy) is 1. The van der Waals surface area contributed by atoms with Gasteiger partial charge >= 0.3 is 0 Å². The first-order valence-electron chi connectivity index (χ1n) is 6.33. The van der Waals surface area contributed by atoms with Crippen LogP contribution in [0.3, 0.4) is 0 Å². The lowest BCUT2D eigenvalue weighted by molar-refractivity contribution is 0.0889. The molecule has 0 aliphatic heterocycles. The van der Waals surface area contributed by atoms with Crippen molar-refractivity contribution in [3.8, 4) is 6.07 Å². The van der Waals surface area contributed by atoms with Gasteiger partial charge in [0.05, 0.1) is 18.2 Å². The summed E-state index contributed by atoms with van der Waals surface area (Å²) in [4.78, 5) is 0. The predicted octanol–water partition coefficient (Wildman–Crippen LogP) is 3.90. The molecule has 0 bridgehead atoms. The van der Waals surface area contributed by atoms with Crippen LogP contribution in [0.4, 0.5) is 0 Å². The summed E-state index contributed by atoms with van der Waals surface area (Å²) in [6.45, 7) is 5.90. The van der Waals surface area contributed by atoms with Gasteiger partial charge in [-0.25, -0.2) is 0 Å². The molecular formula is C15H21NO. The molecule has 0 aromatic heterocycles. The zero-order valence-electron chi connectivity index (χ0n) is 10.8. The van der Waals surface area contributed by atoms with Gasteiger partial charge in [-0.05, 0) is 30.0 Å². The summed E-state index contributed by atoms with van der Waals surface area (Å²) in [5.41, 5.74) is 1.83. The van der Waals surface area contributed by atoms with Crippen molar-refractivity contribution in [1.29, 1.82) is 5.26 Å². The van der Waals surface area contributed by atoms with E-state index in [-0.39, 0.29) is 0 Å². The second-order valence-electron chi connectivity index (χ2n) is 4.57. The molecule has 2 heteroatoms. The fourth-order valence-corrected chi connectivity index (χ4v) is 1.69. The van der Waals surface area contributed by atoms with E-state index in [1.807, 2.05) is 24.3 Å². The van der Waals surface area contributed by atoms with Gasteiger partial charge in [0.1, 0.15) is 0 Å². The molecule has 0 aliphatic rings. The topological polar surface area (TPSA) is 33.0 Å². The Balaban J connectivity index is 2.24. The lowest BCUT2D eigenvalue weighted by Gasteiger charge is -2.11. The van der Waals surface area contributed by atoms with E-state index in [2.05, 4.69) is 19.9 Å². The van der Waals surface area contributed by atoms with Crippen LogP contribution in [-0.4, -0.2) is 6.61 Å². The van der Waals surface area contributed by atoms with Crippen LogP contribution in [0.1, 0.15) is 44.2 Å². The first-order valence-corrected chi connectivity index (χ1v) is 6.33. The largest absolute Gasteiger partial charge is 0.376 e. The first-order chi connectivity index (χ1) is 8.26. The molecule has 1 rings (SSSR count). The Bertz CT molecular complexity index is 350. The lowest BCUT2D eigenvalue weighted by atomic mass is 10.1. The van der Waals surface area contributed by atoms with E-state index in [0.717, 1.165) is 12.2 Å². The maximum absolute atomic E-state index is 8.68. The van der Waals surface area contributed by atoms with Crippen molar-refractivity contribution in [2.24, 2.45) is 5.92 Å². The van der Waals surface area contributed by atoms with Crippen molar-refractivity contribution in [2.75, 3.05) is 6.61 Å². The number of hydrogen-bond acceptors (Lipinski definition) is 2. The molecule has 0 saturated carbocycles. The smallest absolute Gasteiger partial charge is 0.0991 e. The fourth-order valence-electron chi connectivity index (χ4n) is 1.69. The summed E-state index contributed by atoms with van der Waals surface area (Å²) in [6, 6.07) is 9.68. The highest BCUT2D eigenvalue weighted by Gasteiger charge is 2.01. The van der Waals surface area contributed by atoms with Gasteiger partial charge in [-0.2, -0.15) is 5.26 Å². The molecule has 1 aromatic rings. The molecule has 0 aliphatic carbocycles. The average Bonchev–Trinajstić information content (AvgIpc) is 2.37. The zero-order valence-corrected chi connectivity index (χ0v) is 10.8. The Morgan fingerprint density at radius 1 is 1.29 bits per heavy atom. The SMILES string of the molecule is CCCCC(C)COCc1ccc(C#N)cc1. The molecule has 92 valence electrons. The summed E-state index contributed by atoms with van der Waals surface area (Å²) < 4.78 is 5.67. The predicted molar refractivity (Wildman–Crippen MR) is 69.5 cm³/mol. The Kier molecular flexibility index (Phi) is 6.35. The van der Waals surface area contributed by atoms with Crippen molar-refractivity contribution >= 4 is 0 Å². The Morgan fingerprint density at radius 3 is 2.59 bits per heavy atom. The zero-order chi connectivity index (χ0) is 12.5. The van der Waals surface area contributed by atoms with Gasteiger partial charge in [-0.1, -0.05) is 38.8 Å². The fraction of sp³-hybridized carbons (Fsp3) is 0.533. The summed E-state index contributed by atoms with van der Waals surface area (Å²) in [5.74, 6) is 0.633. The summed E-state index contributed by atoms with van der Waals surface area (Å²) in [6.07, 6.45) is 3.77. The van der Waals surface area contributed by atoms with Crippen LogP contribution in [0.25, 0.3) is 0 Å². The molecule has 1 unspecified atom stereocenters. The van der Waals surface area contributed by atoms with Crippen LogP contribution in [0.2, 0.25) is 0 Å². The summed E-state index contributed by atoms with van der Waals surface area (Å²) >= 11 is 0. The Morgan fingerprint density at radius 2 is 2.00 bits per heavy atom.